The highest BCUT2D eigenvalue weighted by Crippen LogP contribution is 2.53. The molecular weight excluding hydrogens is 684 g/mol. The Morgan fingerprint density at radius 2 is 1.47 bits per heavy atom. The third-order valence-corrected chi connectivity index (χ3v) is 12.0. The van der Waals surface area contributed by atoms with Crippen LogP contribution < -0.4 is 9.80 Å². The monoisotopic (exact) mass is 728 g/mol. The van der Waals surface area contributed by atoms with Crippen LogP contribution >= 0.6 is 15.9 Å². The van der Waals surface area contributed by atoms with Crippen molar-refractivity contribution in [1.82, 2.24) is 0 Å². The van der Waals surface area contributed by atoms with Gasteiger partial charge in [-0.3, -0.25) is 0 Å². The Bertz CT molecular complexity index is 2230. The van der Waals surface area contributed by atoms with Gasteiger partial charge in [-0.1, -0.05) is 161 Å². The molecule has 0 bridgehead atoms. The molecule has 2 aliphatic heterocycles. The number of nitrogens with zero attached hydrogens (tertiary/aromatic N) is 2. The van der Waals surface area contributed by atoms with Gasteiger partial charge in [0.2, 0.25) is 0 Å². The number of halogens is 1. The molecule has 3 heteroatoms. The third kappa shape index (κ3) is 6.02. The van der Waals surface area contributed by atoms with Crippen LogP contribution in [-0.2, 0) is 23.7 Å². The molecule has 0 saturated carbocycles. The highest BCUT2D eigenvalue weighted by molar-refractivity contribution is 9.10. The summed E-state index contributed by atoms with van der Waals surface area (Å²) in [6.45, 7) is 2.42. The van der Waals surface area contributed by atoms with Crippen LogP contribution in [0.2, 0.25) is 0 Å². The molecule has 5 aromatic carbocycles. The van der Waals surface area contributed by atoms with Gasteiger partial charge in [-0.15, -0.1) is 0 Å². The number of rotatable bonds is 9. The lowest BCUT2D eigenvalue weighted by Gasteiger charge is -2.38. The fourth-order valence-electron chi connectivity index (χ4n) is 9.19. The van der Waals surface area contributed by atoms with Gasteiger partial charge >= 0.3 is 0 Å². The van der Waals surface area contributed by atoms with Gasteiger partial charge < -0.3 is 9.80 Å². The summed E-state index contributed by atoms with van der Waals surface area (Å²) < 4.78 is 1.13. The van der Waals surface area contributed by atoms with E-state index < -0.39 is 0 Å². The van der Waals surface area contributed by atoms with Gasteiger partial charge in [-0.05, 0) is 84.5 Å². The Morgan fingerprint density at radius 1 is 0.745 bits per heavy atom. The highest BCUT2D eigenvalue weighted by atomic mass is 79.9. The topological polar surface area (TPSA) is 6.48 Å². The van der Waals surface area contributed by atoms with Gasteiger partial charge in [0.1, 0.15) is 0 Å². The van der Waals surface area contributed by atoms with Crippen LogP contribution in [0.3, 0.4) is 0 Å². The first-order chi connectivity index (χ1) is 24.9. The Kier molecular flexibility index (Phi) is 8.94. The molecule has 3 atom stereocenters. The summed E-state index contributed by atoms with van der Waals surface area (Å²) in [5, 5.41) is 2.59. The molecule has 0 radical (unpaired) electrons. The summed E-state index contributed by atoms with van der Waals surface area (Å²) in [6.07, 6.45) is 22.5. The summed E-state index contributed by atoms with van der Waals surface area (Å²) in [5.41, 5.74) is 10.6. The van der Waals surface area contributed by atoms with E-state index >= 15 is 0 Å². The largest absolute Gasteiger partial charge is 0.367 e. The fraction of sp³-hybridized carbons (Fsp3) is 0.208. The molecule has 2 nitrogen and oxygen atoms in total. The summed E-state index contributed by atoms with van der Waals surface area (Å²) >= 11 is 3.83. The van der Waals surface area contributed by atoms with Crippen molar-refractivity contribution in [3.05, 3.63) is 202 Å². The van der Waals surface area contributed by atoms with Crippen molar-refractivity contribution in [2.45, 2.75) is 49.5 Å². The number of anilines is 2. The number of fused-ring (bicyclic) bond motifs is 4. The van der Waals surface area contributed by atoms with E-state index in [1.165, 1.54) is 55.7 Å². The molecule has 0 amide bonds. The SMILES string of the molecule is CN1/C(=C/C=C/C=C/C2N(C)c3ccc(Br)cc3C2(CC2=CCC=C2)Cc2ccccc2)C(C)(Cc2ccccc2)c2ccc3ccccc3c21. The quantitative estimate of drug-likeness (QED) is 0.139. The van der Waals surface area contributed by atoms with Crippen molar-refractivity contribution < 1.29 is 0 Å². The first-order valence-corrected chi connectivity index (χ1v) is 18.9. The van der Waals surface area contributed by atoms with Gasteiger partial charge in [0.05, 0.1) is 11.7 Å². The van der Waals surface area contributed by atoms with Crippen LogP contribution in [-0.4, -0.2) is 20.1 Å². The lowest BCUT2D eigenvalue weighted by Crippen LogP contribution is -2.44. The van der Waals surface area contributed by atoms with E-state index in [1.54, 1.807) is 0 Å². The summed E-state index contributed by atoms with van der Waals surface area (Å²) in [4.78, 5) is 4.93. The van der Waals surface area contributed by atoms with Crippen LogP contribution in [0.4, 0.5) is 11.4 Å². The molecule has 3 aliphatic rings. The van der Waals surface area contributed by atoms with E-state index in [2.05, 4.69) is 211 Å². The molecule has 254 valence electrons. The zero-order chi connectivity index (χ0) is 35.0. The molecule has 0 aromatic heterocycles. The highest BCUT2D eigenvalue weighted by Gasteiger charge is 2.49. The number of hydrogen-bond acceptors (Lipinski definition) is 2. The fourth-order valence-corrected chi connectivity index (χ4v) is 9.55. The van der Waals surface area contributed by atoms with Gasteiger partial charge in [0.25, 0.3) is 0 Å². The molecule has 51 heavy (non-hydrogen) atoms. The lowest BCUT2D eigenvalue weighted by molar-refractivity contribution is 0.396. The second kappa shape index (κ2) is 13.7. The van der Waals surface area contributed by atoms with Crippen LogP contribution in [0, 0.1) is 0 Å². The maximum atomic E-state index is 3.83. The number of allylic oxidation sites excluding steroid dienone is 9. The van der Waals surface area contributed by atoms with Crippen molar-refractivity contribution in [3.63, 3.8) is 0 Å². The van der Waals surface area contributed by atoms with Crippen LogP contribution in [0.25, 0.3) is 10.8 Å². The first-order valence-electron chi connectivity index (χ1n) is 18.2. The molecule has 2 heterocycles. The Balaban J connectivity index is 1.17. The molecule has 1 aliphatic carbocycles. The molecule has 5 aromatic rings. The van der Waals surface area contributed by atoms with E-state index in [0.717, 1.165) is 30.2 Å². The Labute approximate surface area is 312 Å². The van der Waals surface area contributed by atoms with Gasteiger partial charge in [0, 0.05) is 46.2 Å². The van der Waals surface area contributed by atoms with Crippen LogP contribution in [0.15, 0.2) is 180 Å². The van der Waals surface area contributed by atoms with Gasteiger partial charge in [-0.2, -0.15) is 0 Å². The summed E-state index contributed by atoms with van der Waals surface area (Å²) in [6, 6.07) is 42.4. The second-order valence-corrected chi connectivity index (χ2v) is 15.6. The minimum Gasteiger partial charge on any atom is -0.367 e. The zero-order valence-corrected chi connectivity index (χ0v) is 31.4. The molecule has 0 spiro atoms. The number of hydrogen-bond donors (Lipinski definition) is 0. The average Bonchev–Trinajstić information content (AvgIpc) is 3.79. The van der Waals surface area contributed by atoms with E-state index in [1.807, 2.05) is 0 Å². The minimum atomic E-state index is -0.169. The predicted molar refractivity (Wildman–Crippen MR) is 221 cm³/mol. The van der Waals surface area contributed by atoms with E-state index in [0.29, 0.717) is 0 Å². The Hall–Kier alpha value is -4.86. The van der Waals surface area contributed by atoms with Crippen molar-refractivity contribution in [3.8, 4) is 0 Å². The first kappa shape index (κ1) is 33.3. The normalized spacial score (nSPS) is 23.3. The van der Waals surface area contributed by atoms with E-state index in [9.17, 15) is 0 Å². The van der Waals surface area contributed by atoms with Crippen LogP contribution in [0.1, 0.15) is 42.0 Å². The molecule has 8 rings (SSSR count). The summed E-state index contributed by atoms with van der Waals surface area (Å²) in [7, 11) is 4.51. The molecule has 3 unspecified atom stereocenters. The van der Waals surface area contributed by atoms with Crippen molar-refractivity contribution in [2.24, 2.45) is 0 Å². The van der Waals surface area contributed by atoms with Crippen LogP contribution in [0.5, 0.6) is 0 Å². The minimum absolute atomic E-state index is 0.124. The standard InChI is InChI=1S/C48H45BrN2/c1-47(32-35-17-7-4-8-18-35)41-29-27-38-23-15-16-24-40(38)46(41)51(3)44(47)25-11-6-12-26-45-48(34-37-21-13-14-22-37,33-36-19-9-5-10-20-36)42-31-39(49)28-30-43(42)50(45)2/h4-13,15-31,45H,14,32-34H2,1-3H3/b11-6+,26-12+,44-25+. The molecule has 0 N–H and O–H groups in total. The number of benzene rings is 5. The van der Waals surface area contributed by atoms with Gasteiger partial charge in [0.15, 0.2) is 0 Å². The second-order valence-electron chi connectivity index (χ2n) is 14.7. The molecular formula is C48H45BrN2. The zero-order valence-electron chi connectivity index (χ0n) is 29.8. The van der Waals surface area contributed by atoms with Crippen molar-refractivity contribution in [2.75, 3.05) is 23.9 Å². The molecule has 0 saturated heterocycles. The van der Waals surface area contributed by atoms with E-state index in [4.69, 9.17) is 0 Å². The molecule has 0 fully saturated rings. The summed E-state index contributed by atoms with van der Waals surface area (Å²) in [5.74, 6) is 0. The Morgan fingerprint density at radius 3 is 2.22 bits per heavy atom. The maximum Gasteiger partial charge on any atom is 0.0576 e. The van der Waals surface area contributed by atoms with Crippen molar-refractivity contribution >= 4 is 38.1 Å². The van der Waals surface area contributed by atoms with E-state index in [-0.39, 0.29) is 16.9 Å². The average molecular weight is 730 g/mol. The maximum absolute atomic E-state index is 3.83. The number of likely N-dealkylation sites (N-methyl/N-ethyl adjacent to an activating group) is 2. The smallest absolute Gasteiger partial charge is 0.0576 e. The third-order valence-electron chi connectivity index (χ3n) is 11.5. The predicted octanol–water partition coefficient (Wildman–Crippen LogP) is 11.8. The van der Waals surface area contributed by atoms with Crippen molar-refractivity contribution in [1.29, 1.82) is 0 Å². The lowest BCUT2D eigenvalue weighted by atomic mass is 9.68. The van der Waals surface area contributed by atoms with Gasteiger partial charge in [-0.25, -0.2) is 0 Å².